The number of nitro benzene ring substituents is 1. The Morgan fingerprint density at radius 2 is 2.04 bits per heavy atom. The third-order valence-electron chi connectivity index (χ3n) is 3.66. The number of rotatable bonds is 8. The molecule has 0 bridgehead atoms. The summed E-state index contributed by atoms with van der Waals surface area (Å²) in [5.74, 6) is -2.15. The summed E-state index contributed by atoms with van der Waals surface area (Å²) in [5.41, 5.74) is -0.556. The number of alkyl halides is 3. The van der Waals surface area contributed by atoms with E-state index < -0.39 is 41.8 Å². The largest absolute Gasteiger partial charge is 0.465 e. The maximum Gasteiger partial charge on any atom is 0.406 e. The van der Waals surface area contributed by atoms with Crippen LogP contribution in [0.1, 0.15) is 30.1 Å². The first-order valence-corrected chi connectivity index (χ1v) is 8.17. The average molecular weight is 389 g/mol. The minimum atomic E-state index is -4.75. The number of nitrogens with zero attached hydrogens (tertiary/aromatic N) is 2. The molecule has 0 aliphatic heterocycles. The van der Waals surface area contributed by atoms with Gasteiger partial charge in [-0.15, -0.1) is 0 Å². The number of nitrogens with one attached hydrogen (secondary N) is 1. The van der Waals surface area contributed by atoms with E-state index in [0.29, 0.717) is 0 Å². The number of benzene rings is 1. The lowest BCUT2D eigenvalue weighted by Crippen LogP contribution is -2.42. The van der Waals surface area contributed by atoms with Crippen molar-refractivity contribution >= 4 is 23.3 Å². The zero-order chi connectivity index (χ0) is 20.2. The highest BCUT2D eigenvalue weighted by Gasteiger charge is 2.35. The van der Waals surface area contributed by atoms with Crippen LogP contribution in [0, 0.1) is 10.1 Å². The Kier molecular flexibility index (Phi) is 6.24. The monoisotopic (exact) mass is 389 g/mol. The van der Waals surface area contributed by atoms with Gasteiger partial charge in [0, 0.05) is 17.7 Å². The SMILES string of the molecule is CCOC(=O)CN(CC(F)(F)F)C(=O)c1ccc(NC2CC2)c([N+](=O)[O-])c1. The lowest BCUT2D eigenvalue weighted by molar-refractivity contribution is -0.384. The minimum Gasteiger partial charge on any atom is -0.465 e. The molecule has 0 radical (unpaired) electrons. The number of anilines is 1. The highest BCUT2D eigenvalue weighted by molar-refractivity contribution is 5.97. The van der Waals surface area contributed by atoms with E-state index in [2.05, 4.69) is 10.1 Å². The van der Waals surface area contributed by atoms with Crippen molar-refractivity contribution < 1.29 is 32.4 Å². The highest BCUT2D eigenvalue weighted by atomic mass is 19.4. The van der Waals surface area contributed by atoms with Crippen molar-refractivity contribution in [3.63, 3.8) is 0 Å². The first kappa shape index (κ1) is 20.5. The third-order valence-corrected chi connectivity index (χ3v) is 3.66. The fraction of sp³-hybridized carbons (Fsp3) is 0.500. The summed E-state index contributed by atoms with van der Waals surface area (Å²) in [6.07, 6.45) is -3.03. The smallest absolute Gasteiger partial charge is 0.406 e. The van der Waals surface area contributed by atoms with E-state index in [4.69, 9.17) is 0 Å². The molecule has 1 aromatic rings. The molecule has 0 saturated heterocycles. The van der Waals surface area contributed by atoms with Crippen molar-refractivity contribution in [2.75, 3.05) is 25.0 Å². The molecule has 27 heavy (non-hydrogen) atoms. The molecule has 1 saturated carbocycles. The molecule has 0 heterocycles. The number of ether oxygens (including phenoxy) is 1. The summed E-state index contributed by atoms with van der Waals surface area (Å²) in [7, 11) is 0. The van der Waals surface area contributed by atoms with E-state index in [-0.39, 0.29) is 28.8 Å². The average Bonchev–Trinajstić information content (AvgIpc) is 3.36. The quantitative estimate of drug-likeness (QED) is 0.417. The van der Waals surface area contributed by atoms with E-state index in [1.807, 2.05) is 0 Å². The summed E-state index contributed by atoms with van der Waals surface area (Å²) in [4.78, 5) is 34.8. The van der Waals surface area contributed by atoms with Crippen molar-refractivity contribution in [3.8, 4) is 0 Å². The second-order valence-corrected chi connectivity index (χ2v) is 5.99. The van der Waals surface area contributed by atoms with Gasteiger partial charge in [-0.2, -0.15) is 13.2 Å². The number of carbonyl (C=O) groups excluding carboxylic acids is 2. The molecular formula is C16H18F3N3O5. The Hall–Kier alpha value is -2.85. The van der Waals surface area contributed by atoms with Crippen LogP contribution < -0.4 is 5.32 Å². The summed E-state index contributed by atoms with van der Waals surface area (Å²) in [6.45, 7) is -1.18. The molecule has 1 N–H and O–H groups in total. The number of carbonyl (C=O) groups is 2. The Morgan fingerprint density at radius 3 is 2.56 bits per heavy atom. The van der Waals surface area contributed by atoms with Gasteiger partial charge in [-0.3, -0.25) is 19.7 Å². The van der Waals surface area contributed by atoms with Crippen LogP contribution in [0.25, 0.3) is 0 Å². The second-order valence-electron chi connectivity index (χ2n) is 5.99. The van der Waals surface area contributed by atoms with Crippen molar-refractivity contribution in [2.45, 2.75) is 32.0 Å². The van der Waals surface area contributed by atoms with Crippen molar-refractivity contribution in [1.82, 2.24) is 4.90 Å². The lowest BCUT2D eigenvalue weighted by atomic mass is 10.1. The van der Waals surface area contributed by atoms with Crippen molar-refractivity contribution in [3.05, 3.63) is 33.9 Å². The van der Waals surface area contributed by atoms with Crippen LogP contribution in [-0.2, 0) is 9.53 Å². The summed E-state index contributed by atoms with van der Waals surface area (Å²) in [6, 6.07) is 3.48. The Bertz CT molecular complexity index is 735. The van der Waals surface area contributed by atoms with Crippen LogP contribution in [0.5, 0.6) is 0 Å². The standard InChI is InChI=1S/C16H18F3N3O5/c1-2-27-14(23)8-21(9-16(17,18)19)15(24)10-3-6-12(20-11-4-5-11)13(7-10)22(25)26/h3,6-7,11,20H,2,4-5,8-9H2,1H3. The third kappa shape index (κ3) is 6.12. The van der Waals surface area contributed by atoms with Gasteiger partial charge in [0.1, 0.15) is 18.8 Å². The number of esters is 1. The van der Waals surface area contributed by atoms with Crippen LogP contribution in [0.15, 0.2) is 18.2 Å². The molecule has 11 heteroatoms. The number of nitro groups is 1. The van der Waals surface area contributed by atoms with Crippen LogP contribution >= 0.6 is 0 Å². The van der Waals surface area contributed by atoms with E-state index in [1.165, 1.54) is 19.1 Å². The number of amides is 1. The lowest BCUT2D eigenvalue weighted by Gasteiger charge is -2.23. The summed E-state index contributed by atoms with van der Waals surface area (Å²) in [5, 5.41) is 14.2. The topological polar surface area (TPSA) is 102 Å². The molecule has 0 aromatic heterocycles. The Balaban J connectivity index is 2.27. The van der Waals surface area contributed by atoms with E-state index in [1.54, 1.807) is 0 Å². The molecule has 148 valence electrons. The van der Waals surface area contributed by atoms with E-state index in [9.17, 15) is 32.9 Å². The molecule has 0 atom stereocenters. The number of hydrogen-bond acceptors (Lipinski definition) is 6. The Morgan fingerprint density at radius 1 is 1.37 bits per heavy atom. The van der Waals surface area contributed by atoms with Gasteiger partial charge in [-0.1, -0.05) is 0 Å². The summed E-state index contributed by atoms with van der Waals surface area (Å²) >= 11 is 0. The molecule has 0 spiro atoms. The van der Waals surface area contributed by atoms with Gasteiger partial charge in [0.25, 0.3) is 11.6 Å². The molecular weight excluding hydrogens is 371 g/mol. The van der Waals surface area contributed by atoms with E-state index >= 15 is 0 Å². The molecule has 1 aromatic carbocycles. The zero-order valence-corrected chi connectivity index (χ0v) is 14.4. The van der Waals surface area contributed by atoms with Gasteiger partial charge in [-0.25, -0.2) is 0 Å². The summed E-state index contributed by atoms with van der Waals surface area (Å²) < 4.78 is 42.9. The molecule has 1 amide bonds. The predicted molar refractivity (Wildman–Crippen MR) is 88.3 cm³/mol. The van der Waals surface area contributed by atoms with Gasteiger partial charge in [0.2, 0.25) is 0 Å². The minimum absolute atomic E-state index is 0.0557. The zero-order valence-electron chi connectivity index (χ0n) is 14.4. The van der Waals surface area contributed by atoms with Crippen LogP contribution in [0.3, 0.4) is 0 Å². The predicted octanol–water partition coefficient (Wildman–Crippen LogP) is 2.74. The van der Waals surface area contributed by atoms with Gasteiger partial charge >= 0.3 is 12.1 Å². The van der Waals surface area contributed by atoms with E-state index in [0.717, 1.165) is 18.9 Å². The first-order valence-electron chi connectivity index (χ1n) is 8.17. The molecule has 1 fully saturated rings. The first-order chi connectivity index (χ1) is 12.6. The normalized spacial score (nSPS) is 13.8. The van der Waals surface area contributed by atoms with Crippen LogP contribution in [0.2, 0.25) is 0 Å². The molecule has 2 rings (SSSR count). The number of hydrogen-bond donors (Lipinski definition) is 1. The fourth-order valence-electron chi connectivity index (χ4n) is 2.35. The van der Waals surface area contributed by atoms with Gasteiger partial charge in [-0.05, 0) is 31.9 Å². The van der Waals surface area contributed by atoms with Gasteiger partial charge < -0.3 is 15.0 Å². The molecule has 1 aliphatic carbocycles. The molecule has 0 unspecified atom stereocenters. The molecule has 1 aliphatic rings. The van der Waals surface area contributed by atoms with Gasteiger partial charge in [0.15, 0.2) is 0 Å². The van der Waals surface area contributed by atoms with Crippen LogP contribution in [0.4, 0.5) is 24.5 Å². The fourth-order valence-corrected chi connectivity index (χ4v) is 2.35. The highest BCUT2D eigenvalue weighted by Crippen LogP contribution is 2.32. The number of halogens is 3. The van der Waals surface area contributed by atoms with Crippen LogP contribution in [-0.4, -0.2) is 53.6 Å². The second kappa shape index (κ2) is 8.23. The van der Waals surface area contributed by atoms with Crippen molar-refractivity contribution in [1.29, 1.82) is 0 Å². The van der Waals surface area contributed by atoms with Crippen molar-refractivity contribution in [2.24, 2.45) is 0 Å². The molecule has 8 nitrogen and oxygen atoms in total. The maximum absolute atomic E-state index is 12.8. The Labute approximate surface area is 152 Å². The maximum atomic E-state index is 12.8. The van der Waals surface area contributed by atoms with Gasteiger partial charge in [0.05, 0.1) is 11.5 Å².